The summed E-state index contributed by atoms with van der Waals surface area (Å²) in [4.78, 5) is 0. The van der Waals surface area contributed by atoms with E-state index in [9.17, 15) is 0 Å². The van der Waals surface area contributed by atoms with Crippen LogP contribution in [0.1, 0.15) is 19.7 Å². The van der Waals surface area contributed by atoms with Gasteiger partial charge >= 0.3 is 0 Å². The highest BCUT2D eigenvalue weighted by Gasteiger charge is 2.13. The quantitative estimate of drug-likeness (QED) is 0.808. The fraction of sp³-hybridized carbons (Fsp3) is 0.385. The molecule has 0 atom stereocenters. The average Bonchev–Trinajstić information content (AvgIpc) is 2.72. The number of hydrogen-bond donors (Lipinski definition) is 0. The van der Waals surface area contributed by atoms with Crippen molar-refractivity contribution in [3.63, 3.8) is 0 Å². The zero-order valence-electron chi connectivity index (χ0n) is 10.1. The van der Waals surface area contributed by atoms with Gasteiger partial charge in [0.05, 0.1) is 5.33 Å². The van der Waals surface area contributed by atoms with Gasteiger partial charge in [-0.1, -0.05) is 60.1 Å². The Labute approximate surface area is 110 Å². The normalized spacial score (nSPS) is 11.1. The molecule has 4 heteroatoms. The van der Waals surface area contributed by atoms with Gasteiger partial charge < -0.3 is 4.57 Å². The molecule has 0 aliphatic heterocycles. The van der Waals surface area contributed by atoms with Gasteiger partial charge in [-0.25, -0.2) is 0 Å². The molecule has 1 aromatic carbocycles. The minimum absolute atomic E-state index is 0.575. The summed E-state index contributed by atoms with van der Waals surface area (Å²) in [6.07, 6.45) is 0. The minimum atomic E-state index is 0.575. The van der Waals surface area contributed by atoms with Crippen molar-refractivity contribution in [2.45, 2.75) is 25.7 Å². The molecule has 0 saturated heterocycles. The first kappa shape index (κ1) is 12.3. The third-order valence-corrected chi connectivity index (χ3v) is 3.03. The molecular weight excluding hydrogens is 278 g/mol. The maximum atomic E-state index is 4.29. The van der Waals surface area contributed by atoms with Crippen LogP contribution in [0.15, 0.2) is 30.3 Å². The highest BCUT2D eigenvalue weighted by atomic mass is 79.9. The predicted molar refractivity (Wildman–Crippen MR) is 72.9 cm³/mol. The monoisotopic (exact) mass is 293 g/mol. The van der Waals surface area contributed by atoms with Crippen molar-refractivity contribution < 1.29 is 0 Å². The van der Waals surface area contributed by atoms with E-state index in [4.69, 9.17) is 0 Å². The summed E-state index contributed by atoms with van der Waals surface area (Å²) >= 11 is 3.46. The molecule has 0 spiro atoms. The number of hydrogen-bond acceptors (Lipinski definition) is 2. The number of nitrogens with zero attached hydrogens (tertiary/aromatic N) is 3. The van der Waals surface area contributed by atoms with E-state index < -0.39 is 0 Å². The molecule has 0 aliphatic rings. The molecule has 0 radical (unpaired) electrons. The number of alkyl halides is 1. The summed E-state index contributed by atoms with van der Waals surface area (Å²) in [7, 11) is 0. The van der Waals surface area contributed by atoms with Crippen LogP contribution < -0.4 is 0 Å². The summed E-state index contributed by atoms with van der Waals surface area (Å²) in [5, 5.41) is 9.26. The summed E-state index contributed by atoms with van der Waals surface area (Å²) in [6, 6.07) is 10.2. The van der Waals surface area contributed by atoms with Gasteiger partial charge in [0.15, 0.2) is 5.82 Å². The van der Waals surface area contributed by atoms with Gasteiger partial charge in [0.25, 0.3) is 0 Å². The molecule has 0 fully saturated rings. The van der Waals surface area contributed by atoms with Crippen molar-refractivity contribution in [1.82, 2.24) is 14.8 Å². The fourth-order valence-electron chi connectivity index (χ4n) is 1.79. The van der Waals surface area contributed by atoms with Gasteiger partial charge in [0.1, 0.15) is 5.82 Å². The second-order valence-corrected chi connectivity index (χ2v) is 5.00. The van der Waals surface area contributed by atoms with Crippen LogP contribution in [0.3, 0.4) is 0 Å². The lowest BCUT2D eigenvalue weighted by molar-refractivity contribution is 0.516. The van der Waals surface area contributed by atoms with Crippen LogP contribution in [0, 0.1) is 5.92 Å². The Morgan fingerprint density at radius 1 is 1.18 bits per heavy atom. The summed E-state index contributed by atoms with van der Waals surface area (Å²) in [6.45, 7) is 5.34. The van der Waals surface area contributed by atoms with E-state index in [0.29, 0.717) is 5.92 Å². The van der Waals surface area contributed by atoms with Crippen LogP contribution in [0.5, 0.6) is 0 Å². The fourth-order valence-corrected chi connectivity index (χ4v) is 2.21. The van der Waals surface area contributed by atoms with Crippen molar-refractivity contribution in [2.24, 2.45) is 5.92 Å². The Balaban J connectivity index is 2.44. The molecular formula is C13H16BrN3. The largest absolute Gasteiger partial charge is 0.310 e. The van der Waals surface area contributed by atoms with Crippen molar-refractivity contribution >= 4 is 15.9 Å². The Morgan fingerprint density at radius 3 is 2.47 bits per heavy atom. The van der Waals surface area contributed by atoms with E-state index in [-0.39, 0.29) is 0 Å². The molecule has 0 aliphatic carbocycles. The molecule has 3 nitrogen and oxygen atoms in total. The van der Waals surface area contributed by atoms with Crippen molar-refractivity contribution in [3.8, 4) is 11.4 Å². The maximum Gasteiger partial charge on any atom is 0.163 e. The van der Waals surface area contributed by atoms with Crippen molar-refractivity contribution in [3.05, 3.63) is 36.2 Å². The second-order valence-electron chi connectivity index (χ2n) is 4.44. The minimum Gasteiger partial charge on any atom is -0.310 e. The number of aromatic nitrogens is 3. The van der Waals surface area contributed by atoms with Crippen LogP contribution in [0.25, 0.3) is 11.4 Å². The second kappa shape index (κ2) is 5.45. The summed E-state index contributed by atoms with van der Waals surface area (Å²) < 4.78 is 2.19. The van der Waals surface area contributed by atoms with Crippen LogP contribution in [0.4, 0.5) is 0 Å². The zero-order valence-corrected chi connectivity index (χ0v) is 11.7. The Morgan fingerprint density at radius 2 is 1.88 bits per heavy atom. The summed E-state index contributed by atoms with van der Waals surface area (Å²) in [5.41, 5.74) is 1.12. The number of halogens is 1. The molecule has 0 bridgehead atoms. The Kier molecular flexibility index (Phi) is 3.94. The highest BCUT2D eigenvalue weighted by Crippen LogP contribution is 2.20. The number of rotatable bonds is 4. The standard InChI is InChI=1S/C13H16BrN3/c1-10(2)9-17-12(8-14)15-16-13(17)11-6-4-3-5-7-11/h3-7,10H,8-9H2,1-2H3. The van der Waals surface area contributed by atoms with Crippen LogP contribution in [0.2, 0.25) is 0 Å². The SMILES string of the molecule is CC(C)Cn1c(CBr)nnc1-c1ccccc1. The molecule has 1 aromatic heterocycles. The molecule has 17 heavy (non-hydrogen) atoms. The number of benzene rings is 1. The van der Waals surface area contributed by atoms with Gasteiger partial charge in [-0.05, 0) is 5.92 Å². The first-order valence-electron chi connectivity index (χ1n) is 5.76. The van der Waals surface area contributed by atoms with E-state index in [2.05, 4.69) is 56.7 Å². The average molecular weight is 294 g/mol. The topological polar surface area (TPSA) is 30.7 Å². The predicted octanol–water partition coefficient (Wildman–Crippen LogP) is 3.50. The van der Waals surface area contributed by atoms with Crippen LogP contribution in [-0.2, 0) is 11.9 Å². The van der Waals surface area contributed by atoms with E-state index in [1.165, 1.54) is 0 Å². The molecule has 0 N–H and O–H groups in total. The first-order chi connectivity index (χ1) is 8.22. The van der Waals surface area contributed by atoms with Crippen LogP contribution >= 0.6 is 15.9 Å². The van der Waals surface area contributed by atoms with E-state index >= 15 is 0 Å². The smallest absolute Gasteiger partial charge is 0.163 e. The van der Waals surface area contributed by atoms with Gasteiger partial charge in [0.2, 0.25) is 0 Å². The van der Waals surface area contributed by atoms with E-state index in [1.54, 1.807) is 0 Å². The molecule has 0 amide bonds. The molecule has 2 aromatic rings. The molecule has 90 valence electrons. The van der Waals surface area contributed by atoms with Gasteiger partial charge in [0, 0.05) is 12.1 Å². The first-order valence-corrected chi connectivity index (χ1v) is 6.88. The third-order valence-electron chi connectivity index (χ3n) is 2.53. The molecule has 2 rings (SSSR count). The summed E-state index contributed by atoms with van der Waals surface area (Å²) in [5.74, 6) is 2.51. The Hall–Kier alpha value is -1.16. The zero-order chi connectivity index (χ0) is 12.3. The lowest BCUT2D eigenvalue weighted by Gasteiger charge is -2.11. The van der Waals surface area contributed by atoms with Crippen LogP contribution in [-0.4, -0.2) is 14.8 Å². The molecule has 0 unspecified atom stereocenters. The van der Waals surface area contributed by atoms with E-state index in [0.717, 1.165) is 29.1 Å². The highest BCUT2D eigenvalue weighted by molar-refractivity contribution is 9.08. The maximum absolute atomic E-state index is 4.29. The molecule has 0 saturated carbocycles. The van der Waals surface area contributed by atoms with Gasteiger partial charge in [-0.2, -0.15) is 0 Å². The molecule has 1 heterocycles. The Bertz CT molecular complexity index is 477. The van der Waals surface area contributed by atoms with E-state index in [1.807, 2.05) is 18.2 Å². The van der Waals surface area contributed by atoms with Gasteiger partial charge in [-0.3, -0.25) is 0 Å². The lowest BCUT2D eigenvalue weighted by atomic mass is 10.2. The lowest BCUT2D eigenvalue weighted by Crippen LogP contribution is -2.09. The third kappa shape index (κ3) is 2.75. The van der Waals surface area contributed by atoms with Crippen molar-refractivity contribution in [2.75, 3.05) is 0 Å². The van der Waals surface area contributed by atoms with Gasteiger partial charge in [-0.15, -0.1) is 10.2 Å². The van der Waals surface area contributed by atoms with Crippen molar-refractivity contribution in [1.29, 1.82) is 0 Å².